The highest BCUT2D eigenvalue weighted by atomic mass is 16.5. The molecule has 0 fully saturated rings. The zero-order valence-corrected chi connectivity index (χ0v) is 16.0. The number of anilines is 2. The van der Waals surface area contributed by atoms with Crippen molar-refractivity contribution in [2.24, 2.45) is 0 Å². The van der Waals surface area contributed by atoms with Crippen molar-refractivity contribution in [3.8, 4) is 5.75 Å². The number of fused-ring (bicyclic) bond motifs is 2. The SMILES string of the molecule is CCN1C(=O)COc2ccc(NC(=O)c3cnc4c(c3)ncn4C(C)C)cc21. The van der Waals surface area contributed by atoms with Crippen molar-refractivity contribution >= 4 is 34.4 Å². The van der Waals surface area contributed by atoms with Gasteiger partial charge in [-0.3, -0.25) is 9.59 Å². The van der Waals surface area contributed by atoms with Crippen LogP contribution >= 0.6 is 0 Å². The number of likely N-dealkylation sites (N-methyl/N-ethyl adjacent to an activating group) is 1. The fourth-order valence-electron chi connectivity index (χ4n) is 3.25. The molecule has 8 heteroatoms. The van der Waals surface area contributed by atoms with Crippen molar-refractivity contribution < 1.29 is 14.3 Å². The minimum Gasteiger partial charge on any atom is -0.482 e. The number of nitrogens with one attached hydrogen (secondary N) is 1. The Morgan fingerprint density at radius 3 is 2.86 bits per heavy atom. The molecule has 0 spiro atoms. The molecule has 3 heterocycles. The Morgan fingerprint density at radius 2 is 2.11 bits per heavy atom. The van der Waals surface area contributed by atoms with Gasteiger partial charge in [-0.1, -0.05) is 0 Å². The summed E-state index contributed by atoms with van der Waals surface area (Å²) in [5, 5.41) is 2.86. The number of benzene rings is 1. The highest BCUT2D eigenvalue weighted by Gasteiger charge is 2.24. The molecule has 28 heavy (non-hydrogen) atoms. The van der Waals surface area contributed by atoms with Gasteiger partial charge in [-0.05, 0) is 45.0 Å². The van der Waals surface area contributed by atoms with Crippen LogP contribution in [-0.2, 0) is 4.79 Å². The lowest BCUT2D eigenvalue weighted by molar-refractivity contribution is -0.121. The molecule has 0 radical (unpaired) electrons. The van der Waals surface area contributed by atoms with Gasteiger partial charge >= 0.3 is 0 Å². The van der Waals surface area contributed by atoms with Gasteiger partial charge in [0.15, 0.2) is 12.3 Å². The van der Waals surface area contributed by atoms with Crippen molar-refractivity contribution in [2.75, 3.05) is 23.4 Å². The van der Waals surface area contributed by atoms with Gasteiger partial charge in [0.1, 0.15) is 11.3 Å². The summed E-state index contributed by atoms with van der Waals surface area (Å²) in [6.07, 6.45) is 3.27. The lowest BCUT2D eigenvalue weighted by Gasteiger charge is -2.28. The van der Waals surface area contributed by atoms with Crippen LogP contribution in [0.5, 0.6) is 5.75 Å². The molecule has 0 unspecified atom stereocenters. The third kappa shape index (κ3) is 3.06. The number of aromatic nitrogens is 3. The molecule has 1 N–H and O–H groups in total. The summed E-state index contributed by atoms with van der Waals surface area (Å²) < 4.78 is 7.41. The second kappa shape index (κ2) is 6.95. The van der Waals surface area contributed by atoms with Gasteiger partial charge in [0.05, 0.1) is 17.6 Å². The summed E-state index contributed by atoms with van der Waals surface area (Å²) in [5.74, 6) is 0.232. The number of hydrogen-bond acceptors (Lipinski definition) is 5. The predicted molar refractivity (Wildman–Crippen MR) is 106 cm³/mol. The Balaban J connectivity index is 1.59. The van der Waals surface area contributed by atoms with Crippen LogP contribution in [0, 0.1) is 0 Å². The first-order chi connectivity index (χ1) is 13.5. The molecule has 144 valence electrons. The minimum atomic E-state index is -0.292. The van der Waals surface area contributed by atoms with Crippen LogP contribution in [0.25, 0.3) is 11.2 Å². The van der Waals surface area contributed by atoms with Crippen molar-refractivity contribution in [1.82, 2.24) is 14.5 Å². The van der Waals surface area contributed by atoms with E-state index in [1.54, 1.807) is 41.7 Å². The van der Waals surface area contributed by atoms with Gasteiger partial charge in [0, 0.05) is 24.5 Å². The number of rotatable bonds is 4. The Morgan fingerprint density at radius 1 is 1.29 bits per heavy atom. The monoisotopic (exact) mass is 379 g/mol. The number of carbonyl (C=O) groups is 2. The molecular weight excluding hydrogens is 358 g/mol. The smallest absolute Gasteiger partial charge is 0.265 e. The number of imidazole rings is 1. The van der Waals surface area contributed by atoms with E-state index in [-0.39, 0.29) is 24.5 Å². The molecule has 0 bridgehead atoms. The number of pyridine rings is 1. The predicted octanol–water partition coefficient (Wildman–Crippen LogP) is 3.01. The van der Waals surface area contributed by atoms with E-state index in [1.807, 2.05) is 25.3 Å². The van der Waals surface area contributed by atoms with Gasteiger partial charge in [0.2, 0.25) is 0 Å². The third-order valence-electron chi connectivity index (χ3n) is 4.71. The zero-order valence-electron chi connectivity index (χ0n) is 16.0. The normalized spacial score (nSPS) is 13.6. The average Bonchev–Trinajstić information content (AvgIpc) is 3.11. The summed E-state index contributed by atoms with van der Waals surface area (Å²) in [4.78, 5) is 35.1. The van der Waals surface area contributed by atoms with E-state index >= 15 is 0 Å². The summed E-state index contributed by atoms with van der Waals surface area (Å²) in [7, 11) is 0. The van der Waals surface area contributed by atoms with Gasteiger partial charge < -0.3 is 19.5 Å². The van der Waals surface area contributed by atoms with Crippen LogP contribution in [-0.4, -0.2) is 39.5 Å². The van der Waals surface area contributed by atoms with E-state index in [4.69, 9.17) is 4.74 Å². The standard InChI is InChI=1S/C20H21N5O3/c1-4-24-16-8-14(5-6-17(16)28-10-18(24)26)23-20(27)13-7-15-19(21-9-13)25(11-22-15)12(2)3/h5-9,11-12H,4,10H2,1-3H3,(H,23,27). The molecule has 0 saturated carbocycles. The topological polar surface area (TPSA) is 89.3 Å². The molecule has 8 nitrogen and oxygen atoms in total. The summed E-state index contributed by atoms with van der Waals surface area (Å²) in [6.45, 7) is 6.56. The van der Waals surface area contributed by atoms with E-state index in [9.17, 15) is 9.59 Å². The first-order valence-electron chi connectivity index (χ1n) is 9.19. The average molecular weight is 379 g/mol. The molecule has 2 aromatic heterocycles. The van der Waals surface area contributed by atoms with E-state index in [0.29, 0.717) is 34.7 Å². The van der Waals surface area contributed by atoms with Gasteiger partial charge in [-0.15, -0.1) is 0 Å². The van der Waals surface area contributed by atoms with Crippen LogP contribution < -0.4 is 15.0 Å². The summed E-state index contributed by atoms with van der Waals surface area (Å²) in [5.41, 5.74) is 3.06. The Bertz CT molecular complexity index is 1070. The second-order valence-electron chi connectivity index (χ2n) is 6.88. The van der Waals surface area contributed by atoms with E-state index in [1.165, 1.54) is 0 Å². The lowest BCUT2D eigenvalue weighted by atomic mass is 10.2. The van der Waals surface area contributed by atoms with Crippen LogP contribution in [0.3, 0.4) is 0 Å². The molecule has 1 aliphatic heterocycles. The molecule has 0 aliphatic carbocycles. The highest BCUT2D eigenvalue weighted by Crippen LogP contribution is 2.34. The molecule has 4 rings (SSSR count). The van der Waals surface area contributed by atoms with Crippen molar-refractivity contribution in [1.29, 1.82) is 0 Å². The molecule has 1 aromatic carbocycles. The first kappa shape index (κ1) is 18.0. The fraction of sp³-hybridized carbons (Fsp3) is 0.300. The quantitative estimate of drug-likeness (QED) is 0.753. The maximum Gasteiger partial charge on any atom is 0.265 e. The van der Waals surface area contributed by atoms with Crippen molar-refractivity contribution in [3.05, 3.63) is 42.4 Å². The van der Waals surface area contributed by atoms with Crippen LogP contribution in [0.2, 0.25) is 0 Å². The highest BCUT2D eigenvalue weighted by molar-refractivity contribution is 6.06. The molecular formula is C20H21N5O3. The third-order valence-corrected chi connectivity index (χ3v) is 4.71. The maximum absolute atomic E-state index is 12.7. The molecule has 0 saturated heterocycles. The van der Waals surface area contributed by atoms with Gasteiger partial charge in [-0.2, -0.15) is 0 Å². The summed E-state index contributed by atoms with van der Waals surface area (Å²) in [6, 6.07) is 7.21. The Hall–Kier alpha value is -3.42. The number of amides is 2. The molecule has 2 amide bonds. The van der Waals surface area contributed by atoms with E-state index in [0.717, 1.165) is 5.65 Å². The van der Waals surface area contributed by atoms with Crippen LogP contribution in [0.4, 0.5) is 11.4 Å². The van der Waals surface area contributed by atoms with Crippen LogP contribution in [0.15, 0.2) is 36.8 Å². The Kier molecular flexibility index (Phi) is 4.46. The van der Waals surface area contributed by atoms with E-state index in [2.05, 4.69) is 15.3 Å². The second-order valence-corrected chi connectivity index (χ2v) is 6.88. The Labute approximate surface area is 162 Å². The van der Waals surface area contributed by atoms with Gasteiger partial charge in [-0.25, -0.2) is 9.97 Å². The fourth-order valence-corrected chi connectivity index (χ4v) is 3.25. The van der Waals surface area contributed by atoms with Gasteiger partial charge in [0.25, 0.3) is 11.8 Å². The van der Waals surface area contributed by atoms with Crippen molar-refractivity contribution in [2.45, 2.75) is 26.8 Å². The number of hydrogen-bond donors (Lipinski definition) is 1. The molecule has 0 atom stereocenters. The zero-order chi connectivity index (χ0) is 19.8. The minimum absolute atomic E-state index is 0.0290. The van der Waals surface area contributed by atoms with Crippen LogP contribution in [0.1, 0.15) is 37.2 Å². The number of nitrogens with zero attached hydrogens (tertiary/aromatic N) is 4. The first-order valence-corrected chi connectivity index (χ1v) is 9.19. The number of ether oxygens (including phenoxy) is 1. The van der Waals surface area contributed by atoms with Crippen molar-refractivity contribution in [3.63, 3.8) is 0 Å². The largest absolute Gasteiger partial charge is 0.482 e. The summed E-state index contributed by atoms with van der Waals surface area (Å²) >= 11 is 0. The molecule has 1 aliphatic rings. The molecule has 3 aromatic rings. The maximum atomic E-state index is 12.7. The lowest BCUT2D eigenvalue weighted by Crippen LogP contribution is -2.38. The van der Waals surface area contributed by atoms with E-state index < -0.39 is 0 Å². The number of carbonyl (C=O) groups excluding carboxylic acids is 2.